The molecular weight excluding hydrogens is 546 g/mol. The number of likely N-dealkylation sites (tertiary alicyclic amines) is 1. The normalized spacial score (nSPS) is 16.7. The summed E-state index contributed by atoms with van der Waals surface area (Å²) in [4.78, 5) is 14.3. The Labute approximate surface area is 239 Å². The molecule has 0 aliphatic carbocycles. The lowest BCUT2D eigenvalue weighted by Gasteiger charge is -2.36. The van der Waals surface area contributed by atoms with E-state index in [0.29, 0.717) is 46.0 Å². The maximum Gasteiger partial charge on any atom is 0.296 e. The molecule has 0 bridgehead atoms. The number of hydrogen-bond acceptors (Lipinski definition) is 10. The molecule has 6 rings (SSSR count). The molecule has 1 aromatic carbocycles. The lowest BCUT2D eigenvalue weighted by molar-refractivity contribution is -0.135. The van der Waals surface area contributed by atoms with Crippen LogP contribution in [-0.2, 0) is 0 Å². The predicted molar refractivity (Wildman–Crippen MR) is 150 cm³/mol. The lowest BCUT2D eigenvalue weighted by Crippen LogP contribution is -2.52. The molecule has 0 spiro atoms. The Kier molecular flexibility index (Phi) is 6.91. The van der Waals surface area contributed by atoms with Crippen LogP contribution in [0, 0.1) is 18.3 Å². The third kappa shape index (κ3) is 5.08. The summed E-state index contributed by atoms with van der Waals surface area (Å²) in [6, 6.07) is 11.1. The minimum atomic E-state index is -3.11. The molecule has 0 unspecified atom stereocenters. The number of alkyl halides is 2. The van der Waals surface area contributed by atoms with Crippen LogP contribution in [0.15, 0.2) is 55.2 Å². The Morgan fingerprint density at radius 2 is 2.00 bits per heavy atom. The number of nitrogens with one attached hydrogen (secondary N) is 1. The van der Waals surface area contributed by atoms with E-state index in [1.165, 1.54) is 25.8 Å². The molecule has 5 aromatic rings. The SMILES string of the molecule is COc1ncc2ncc(C#N)c(Nc3ccc(Oc4ccn5ncnc5c4)c(C)c3)c2c1O[C@@H]1CCN(C)CC1(F)F. The number of benzene rings is 1. The predicted octanol–water partition coefficient (Wildman–Crippen LogP) is 5.12. The minimum Gasteiger partial charge on any atom is -0.478 e. The van der Waals surface area contributed by atoms with Crippen LogP contribution in [0.25, 0.3) is 16.6 Å². The monoisotopic (exact) mass is 572 g/mol. The van der Waals surface area contributed by atoms with Crippen LogP contribution < -0.4 is 19.5 Å². The van der Waals surface area contributed by atoms with Gasteiger partial charge in [0.05, 0.1) is 42.0 Å². The zero-order valence-electron chi connectivity index (χ0n) is 23.0. The second-order valence-corrected chi connectivity index (χ2v) is 10.0. The largest absolute Gasteiger partial charge is 0.478 e. The lowest BCUT2D eigenvalue weighted by atomic mass is 10.0. The fourth-order valence-corrected chi connectivity index (χ4v) is 4.96. The molecular formula is C29H26F2N8O3. The number of nitriles is 1. The maximum absolute atomic E-state index is 15.0. The number of fused-ring (bicyclic) bond motifs is 2. The van der Waals surface area contributed by atoms with E-state index < -0.39 is 18.6 Å². The number of rotatable bonds is 7. The fraction of sp³-hybridized carbons (Fsp3) is 0.276. The van der Waals surface area contributed by atoms with E-state index in [2.05, 4.69) is 31.4 Å². The first-order chi connectivity index (χ1) is 20.3. The van der Waals surface area contributed by atoms with Crippen LogP contribution in [0.1, 0.15) is 17.5 Å². The third-order valence-corrected chi connectivity index (χ3v) is 7.06. The van der Waals surface area contributed by atoms with Crippen molar-refractivity contribution in [1.29, 1.82) is 5.26 Å². The van der Waals surface area contributed by atoms with Crippen molar-refractivity contribution in [3.8, 4) is 29.2 Å². The molecule has 0 amide bonds. The van der Waals surface area contributed by atoms with Crippen molar-refractivity contribution in [3.63, 3.8) is 0 Å². The number of hydrogen-bond donors (Lipinski definition) is 1. The van der Waals surface area contributed by atoms with Gasteiger partial charge >= 0.3 is 0 Å². The number of anilines is 2. The second kappa shape index (κ2) is 10.7. The number of aryl methyl sites for hydroxylation is 1. The van der Waals surface area contributed by atoms with E-state index >= 15 is 8.78 Å². The van der Waals surface area contributed by atoms with Crippen LogP contribution >= 0.6 is 0 Å². The number of methoxy groups -OCH3 is 1. The summed E-state index contributed by atoms with van der Waals surface area (Å²) in [5.74, 6) is -1.89. The van der Waals surface area contributed by atoms with E-state index in [1.54, 1.807) is 46.9 Å². The molecule has 0 saturated carbocycles. The Morgan fingerprint density at radius 1 is 1.14 bits per heavy atom. The summed E-state index contributed by atoms with van der Waals surface area (Å²) >= 11 is 0. The maximum atomic E-state index is 15.0. The van der Waals surface area contributed by atoms with Gasteiger partial charge in [-0.1, -0.05) is 0 Å². The summed E-state index contributed by atoms with van der Waals surface area (Å²) < 4.78 is 49.1. The van der Waals surface area contributed by atoms with Gasteiger partial charge in [0.25, 0.3) is 11.8 Å². The van der Waals surface area contributed by atoms with Gasteiger partial charge < -0.3 is 24.4 Å². The number of nitrogens with zero attached hydrogens (tertiary/aromatic N) is 7. The smallest absolute Gasteiger partial charge is 0.296 e. The van der Waals surface area contributed by atoms with Gasteiger partial charge in [0.15, 0.2) is 17.5 Å². The van der Waals surface area contributed by atoms with Gasteiger partial charge in [-0.3, -0.25) is 4.98 Å². The molecule has 214 valence electrons. The van der Waals surface area contributed by atoms with Crippen molar-refractivity contribution in [2.24, 2.45) is 0 Å². The van der Waals surface area contributed by atoms with Crippen molar-refractivity contribution in [2.45, 2.75) is 25.4 Å². The third-order valence-electron chi connectivity index (χ3n) is 7.06. The van der Waals surface area contributed by atoms with Crippen LogP contribution in [0.2, 0.25) is 0 Å². The van der Waals surface area contributed by atoms with Gasteiger partial charge in [0.1, 0.15) is 23.9 Å². The molecule has 13 heteroatoms. The Hall–Kier alpha value is -5.09. The van der Waals surface area contributed by atoms with Crippen LogP contribution in [0.4, 0.5) is 20.2 Å². The van der Waals surface area contributed by atoms with Crippen LogP contribution in [-0.4, -0.2) is 68.7 Å². The molecule has 5 heterocycles. The van der Waals surface area contributed by atoms with Crippen molar-refractivity contribution in [1.82, 2.24) is 29.5 Å². The molecule has 1 fully saturated rings. The Morgan fingerprint density at radius 3 is 2.76 bits per heavy atom. The minimum absolute atomic E-state index is 0.00289. The zero-order valence-corrected chi connectivity index (χ0v) is 23.0. The molecule has 1 N–H and O–H groups in total. The molecule has 11 nitrogen and oxygen atoms in total. The van der Waals surface area contributed by atoms with Crippen molar-refractivity contribution in [2.75, 3.05) is 32.6 Å². The van der Waals surface area contributed by atoms with Gasteiger partial charge in [-0.05, 0) is 43.8 Å². The summed E-state index contributed by atoms with van der Waals surface area (Å²) in [6.07, 6.45) is 4.76. The first-order valence-electron chi connectivity index (χ1n) is 13.1. The number of pyridine rings is 3. The molecule has 1 atom stereocenters. The van der Waals surface area contributed by atoms with Crippen molar-refractivity contribution in [3.05, 3.63) is 66.4 Å². The van der Waals surface area contributed by atoms with Crippen molar-refractivity contribution >= 4 is 27.9 Å². The first-order valence-corrected chi connectivity index (χ1v) is 13.1. The van der Waals surface area contributed by atoms with Gasteiger partial charge in [-0.2, -0.15) is 10.4 Å². The zero-order chi connectivity index (χ0) is 29.4. The van der Waals surface area contributed by atoms with E-state index in [4.69, 9.17) is 14.2 Å². The first kappa shape index (κ1) is 27.1. The standard InChI is InChI=1S/C29H26F2N8O3/c1-17-10-19(4-5-22(17)41-20-6-9-39-24(11-20)35-16-36-39)37-26-18(12-32)13-33-21-14-34-28(40-3)27(25(21)26)42-23-7-8-38(2)15-29(23,30)31/h4-6,9-11,13-14,16,23H,7-8,15H2,1-3H3,(H,33,37)/t23-/m1/s1. The molecule has 1 aliphatic heterocycles. The average molecular weight is 573 g/mol. The van der Waals surface area contributed by atoms with E-state index in [9.17, 15) is 5.26 Å². The topological polar surface area (TPSA) is 123 Å². The van der Waals surface area contributed by atoms with Gasteiger partial charge in [0.2, 0.25) is 0 Å². The summed E-state index contributed by atoms with van der Waals surface area (Å²) in [7, 11) is 3.02. The fourth-order valence-electron chi connectivity index (χ4n) is 4.96. The van der Waals surface area contributed by atoms with Gasteiger partial charge in [-0.25, -0.2) is 23.3 Å². The number of ether oxygens (including phenoxy) is 3. The van der Waals surface area contributed by atoms with E-state index in [-0.39, 0.29) is 23.6 Å². The molecule has 0 radical (unpaired) electrons. The highest BCUT2D eigenvalue weighted by atomic mass is 19.3. The highest BCUT2D eigenvalue weighted by Gasteiger charge is 2.46. The van der Waals surface area contributed by atoms with E-state index in [1.807, 2.05) is 13.0 Å². The summed E-state index contributed by atoms with van der Waals surface area (Å²) in [6.45, 7) is 1.88. The van der Waals surface area contributed by atoms with Crippen LogP contribution in [0.3, 0.4) is 0 Å². The molecule has 42 heavy (non-hydrogen) atoms. The van der Waals surface area contributed by atoms with E-state index in [0.717, 1.165) is 5.56 Å². The highest BCUT2D eigenvalue weighted by Crippen LogP contribution is 2.43. The number of halogens is 2. The number of piperidine rings is 1. The van der Waals surface area contributed by atoms with Gasteiger partial charge in [-0.15, -0.1) is 0 Å². The van der Waals surface area contributed by atoms with Crippen LogP contribution in [0.5, 0.6) is 23.1 Å². The second-order valence-electron chi connectivity index (χ2n) is 10.0. The quantitative estimate of drug-likeness (QED) is 0.281. The average Bonchev–Trinajstić information content (AvgIpc) is 3.44. The highest BCUT2D eigenvalue weighted by molar-refractivity contribution is 6.01. The number of aromatic nitrogens is 5. The summed E-state index contributed by atoms with van der Waals surface area (Å²) in [5, 5.41) is 17.6. The van der Waals surface area contributed by atoms with Crippen molar-refractivity contribution < 1.29 is 23.0 Å². The molecule has 4 aromatic heterocycles. The Balaban J connectivity index is 1.37. The Bertz CT molecular complexity index is 1840. The molecule has 1 aliphatic rings. The van der Waals surface area contributed by atoms with Gasteiger partial charge in [0, 0.05) is 37.1 Å². The summed E-state index contributed by atoms with van der Waals surface area (Å²) in [5.41, 5.74) is 2.96. The molecule has 1 saturated heterocycles.